The minimum Gasteiger partial charge on any atom is -0.458 e. The topological polar surface area (TPSA) is 93.1 Å². The number of unbranched alkanes of at least 4 members (excludes halogenated alkanes) is 5. The second-order valence-electron chi connectivity index (χ2n) is 8.80. The number of aliphatic hydroxyl groups is 2. The van der Waals surface area contributed by atoms with Crippen LogP contribution in [0.15, 0.2) is 0 Å². The van der Waals surface area contributed by atoms with E-state index in [1.165, 1.54) is 0 Å². The van der Waals surface area contributed by atoms with Crippen molar-refractivity contribution >= 4 is 11.9 Å². The largest absolute Gasteiger partial charge is 0.458 e. The monoisotopic (exact) mass is 374 g/mol. The van der Waals surface area contributed by atoms with Gasteiger partial charge in [0.05, 0.1) is 0 Å². The first kappa shape index (κ1) is 24.9. The minimum atomic E-state index is -1.06. The van der Waals surface area contributed by atoms with Crippen LogP contribution in [0.4, 0.5) is 0 Å². The average Bonchev–Trinajstić information content (AvgIpc) is 2.45. The number of rotatable bonds is 11. The average molecular weight is 375 g/mol. The van der Waals surface area contributed by atoms with Gasteiger partial charge in [-0.15, -0.1) is 0 Å². The van der Waals surface area contributed by atoms with Crippen LogP contribution in [0.2, 0.25) is 0 Å². The molecule has 0 aliphatic heterocycles. The Labute approximate surface area is 158 Å². The van der Waals surface area contributed by atoms with Crippen molar-refractivity contribution in [2.45, 2.75) is 116 Å². The molecule has 0 saturated carbocycles. The summed E-state index contributed by atoms with van der Waals surface area (Å²) in [5, 5.41) is 19.5. The number of carbonyl (C=O) groups is 2. The summed E-state index contributed by atoms with van der Waals surface area (Å²) < 4.78 is 10.3. The van der Waals surface area contributed by atoms with Crippen LogP contribution in [-0.2, 0) is 19.1 Å². The molecule has 0 aromatic carbocycles. The van der Waals surface area contributed by atoms with Crippen LogP contribution in [0.3, 0.4) is 0 Å². The number of carbonyl (C=O) groups excluding carboxylic acids is 2. The van der Waals surface area contributed by atoms with Crippen molar-refractivity contribution in [2.75, 3.05) is 0 Å². The number of aliphatic hydroxyl groups excluding tert-OH is 2. The second-order valence-corrected chi connectivity index (χ2v) is 8.80. The van der Waals surface area contributed by atoms with Gasteiger partial charge in [-0.3, -0.25) is 0 Å². The summed E-state index contributed by atoms with van der Waals surface area (Å²) in [6.07, 6.45) is 4.06. The highest BCUT2D eigenvalue weighted by Gasteiger charge is 2.23. The third-order valence-corrected chi connectivity index (χ3v) is 3.56. The van der Waals surface area contributed by atoms with E-state index in [2.05, 4.69) is 0 Å². The molecule has 0 aliphatic carbocycles. The third-order valence-electron chi connectivity index (χ3n) is 3.56. The maximum atomic E-state index is 11.6. The van der Waals surface area contributed by atoms with Crippen molar-refractivity contribution in [2.24, 2.45) is 0 Å². The van der Waals surface area contributed by atoms with Crippen molar-refractivity contribution in [1.29, 1.82) is 0 Å². The quantitative estimate of drug-likeness (QED) is 0.425. The van der Waals surface area contributed by atoms with Gasteiger partial charge in [0.25, 0.3) is 0 Å². The van der Waals surface area contributed by atoms with E-state index in [1.807, 2.05) is 0 Å². The molecule has 0 spiro atoms. The number of esters is 2. The van der Waals surface area contributed by atoms with Gasteiger partial charge in [-0.1, -0.05) is 38.5 Å². The molecule has 6 nitrogen and oxygen atoms in total. The molecule has 0 amide bonds. The predicted octanol–water partition coefficient (Wildman–Crippen LogP) is 3.51. The van der Waals surface area contributed by atoms with Crippen LogP contribution in [0.1, 0.15) is 92.9 Å². The van der Waals surface area contributed by atoms with Crippen molar-refractivity contribution in [3.63, 3.8) is 0 Å². The molecule has 0 bridgehead atoms. The molecule has 26 heavy (non-hydrogen) atoms. The van der Waals surface area contributed by atoms with Gasteiger partial charge in [0.1, 0.15) is 11.2 Å². The fourth-order valence-electron chi connectivity index (χ4n) is 2.36. The standard InChI is InChI=1S/C20H38O6/c1-19(2,3)25-17(23)15(21)13-11-9-7-8-10-12-14-16(22)18(24)26-20(4,5)6/h15-16,21-22H,7-14H2,1-6H3. The zero-order valence-corrected chi connectivity index (χ0v) is 17.3. The summed E-state index contributed by atoms with van der Waals surface area (Å²) in [4.78, 5) is 23.3. The Kier molecular flexibility index (Phi) is 11.0. The van der Waals surface area contributed by atoms with E-state index < -0.39 is 35.3 Å². The first-order valence-corrected chi connectivity index (χ1v) is 9.63. The fourth-order valence-corrected chi connectivity index (χ4v) is 2.36. The summed E-state index contributed by atoms with van der Waals surface area (Å²) in [5.41, 5.74) is -1.16. The normalized spacial score (nSPS) is 14.6. The molecule has 0 saturated heterocycles. The van der Waals surface area contributed by atoms with E-state index >= 15 is 0 Å². The van der Waals surface area contributed by atoms with E-state index in [4.69, 9.17) is 9.47 Å². The molecular formula is C20H38O6. The third kappa shape index (κ3) is 14.1. The van der Waals surface area contributed by atoms with Gasteiger partial charge < -0.3 is 19.7 Å². The molecule has 0 aliphatic rings. The van der Waals surface area contributed by atoms with Gasteiger partial charge in [-0.05, 0) is 54.4 Å². The molecule has 154 valence electrons. The molecule has 0 radical (unpaired) electrons. The molecule has 0 aromatic heterocycles. The first-order valence-electron chi connectivity index (χ1n) is 9.63. The SMILES string of the molecule is CC(C)(C)OC(=O)C(O)CCCCCCCCC(O)C(=O)OC(C)(C)C. The maximum Gasteiger partial charge on any atom is 0.335 e. The molecular weight excluding hydrogens is 336 g/mol. The van der Waals surface area contributed by atoms with Crippen molar-refractivity contribution in [1.82, 2.24) is 0 Å². The number of ether oxygens (including phenoxy) is 2. The fraction of sp³-hybridized carbons (Fsp3) is 0.900. The van der Waals surface area contributed by atoms with Crippen molar-refractivity contribution in [3.05, 3.63) is 0 Å². The van der Waals surface area contributed by atoms with Gasteiger partial charge in [-0.2, -0.15) is 0 Å². The van der Waals surface area contributed by atoms with Gasteiger partial charge >= 0.3 is 11.9 Å². The van der Waals surface area contributed by atoms with E-state index in [9.17, 15) is 19.8 Å². The van der Waals surface area contributed by atoms with Gasteiger partial charge in [0, 0.05) is 0 Å². The van der Waals surface area contributed by atoms with Crippen LogP contribution in [0, 0.1) is 0 Å². The Morgan fingerprint density at radius 1 is 0.654 bits per heavy atom. The zero-order valence-electron chi connectivity index (χ0n) is 17.3. The molecule has 2 N–H and O–H groups in total. The Balaban J connectivity index is 3.68. The highest BCUT2D eigenvalue weighted by molar-refractivity contribution is 5.75. The first-order chi connectivity index (χ1) is 11.8. The Hall–Kier alpha value is -1.14. The smallest absolute Gasteiger partial charge is 0.335 e. The lowest BCUT2D eigenvalue weighted by Crippen LogP contribution is -2.31. The predicted molar refractivity (Wildman–Crippen MR) is 101 cm³/mol. The lowest BCUT2D eigenvalue weighted by Gasteiger charge is -2.21. The lowest BCUT2D eigenvalue weighted by atomic mass is 10.0. The molecule has 0 heterocycles. The molecule has 6 heteroatoms. The van der Waals surface area contributed by atoms with E-state index in [1.54, 1.807) is 41.5 Å². The van der Waals surface area contributed by atoms with Gasteiger partial charge in [0.15, 0.2) is 12.2 Å². The molecule has 2 unspecified atom stereocenters. The summed E-state index contributed by atoms with van der Waals surface area (Å²) in [7, 11) is 0. The highest BCUT2D eigenvalue weighted by atomic mass is 16.6. The Morgan fingerprint density at radius 3 is 1.19 bits per heavy atom. The van der Waals surface area contributed by atoms with Crippen LogP contribution >= 0.6 is 0 Å². The Morgan fingerprint density at radius 2 is 0.923 bits per heavy atom. The molecule has 0 rings (SSSR count). The Bertz CT molecular complexity index is 379. The van der Waals surface area contributed by atoms with Crippen LogP contribution in [0.25, 0.3) is 0 Å². The highest BCUT2D eigenvalue weighted by Crippen LogP contribution is 2.15. The van der Waals surface area contributed by atoms with Crippen LogP contribution in [-0.4, -0.2) is 45.6 Å². The summed E-state index contributed by atoms with van der Waals surface area (Å²) in [6.45, 7) is 10.7. The maximum absolute atomic E-state index is 11.6. The summed E-state index contributed by atoms with van der Waals surface area (Å²) >= 11 is 0. The number of hydrogen-bond acceptors (Lipinski definition) is 6. The van der Waals surface area contributed by atoms with Crippen molar-refractivity contribution in [3.8, 4) is 0 Å². The minimum absolute atomic E-state index is 0.409. The van der Waals surface area contributed by atoms with Crippen LogP contribution < -0.4 is 0 Å². The second kappa shape index (κ2) is 11.5. The van der Waals surface area contributed by atoms with E-state index in [0.29, 0.717) is 12.8 Å². The summed E-state index contributed by atoms with van der Waals surface area (Å²) in [5.74, 6) is -1.12. The molecule has 0 fully saturated rings. The van der Waals surface area contributed by atoms with E-state index in [0.717, 1.165) is 38.5 Å². The zero-order chi connectivity index (χ0) is 20.4. The molecule has 0 aromatic rings. The summed E-state index contributed by atoms with van der Waals surface area (Å²) in [6, 6.07) is 0. The van der Waals surface area contributed by atoms with Crippen molar-refractivity contribution < 1.29 is 29.3 Å². The van der Waals surface area contributed by atoms with Gasteiger partial charge in [0.2, 0.25) is 0 Å². The number of hydrogen-bond donors (Lipinski definition) is 2. The van der Waals surface area contributed by atoms with Gasteiger partial charge in [-0.25, -0.2) is 9.59 Å². The van der Waals surface area contributed by atoms with E-state index in [-0.39, 0.29) is 0 Å². The molecule has 2 atom stereocenters. The lowest BCUT2D eigenvalue weighted by molar-refractivity contribution is -0.166. The van der Waals surface area contributed by atoms with Crippen LogP contribution in [0.5, 0.6) is 0 Å².